The molecule has 0 bridgehead atoms. The van der Waals surface area contributed by atoms with Crippen LogP contribution in [0, 0.1) is 6.92 Å². The van der Waals surface area contributed by atoms with E-state index in [9.17, 15) is 0 Å². The molecule has 1 aromatic heterocycles. The van der Waals surface area contributed by atoms with Crippen LogP contribution in [0.4, 0.5) is 5.82 Å². The number of thiocarbonyl (C=S) groups is 1. The first-order valence-corrected chi connectivity index (χ1v) is 6.45. The van der Waals surface area contributed by atoms with E-state index in [2.05, 4.69) is 16.6 Å². The van der Waals surface area contributed by atoms with Gasteiger partial charge in [-0.1, -0.05) is 12.2 Å². The summed E-state index contributed by atoms with van der Waals surface area (Å²) in [5.41, 5.74) is 7.39. The monoisotopic (exact) mass is 241 g/mol. The summed E-state index contributed by atoms with van der Waals surface area (Å²) >= 11 is 6.75. The maximum absolute atomic E-state index is 5.62. The molecule has 0 saturated heterocycles. The average molecular weight is 241 g/mol. The predicted molar refractivity (Wildman–Crippen MR) is 71.7 cm³/mol. The topological polar surface area (TPSA) is 50.9 Å². The van der Waals surface area contributed by atoms with Gasteiger partial charge in [-0.05, 0) is 25.3 Å². The lowest BCUT2D eigenvalue weighted by atomic mass is 10.2. The Hall–Kier alpha value is -0.810. The Morgan fingerprint density at radius 3 is 2.93 bits per heavy atom. The number of nitrogens with zero attached hydrogens (tertiary/aromatic N) is 1. The van der Waals surface area contributed by atoms with Crippen LogP contribution in [0.2, 0.25) is 0 Å². The van der Waals surface area contributed by atoms with Crippen LogP contribution < -0.4 is 11.1 Å². The fourth-order valence-corrected chi connectivity index (χ4v) is 1.63. The minimum absolute atomic E-state index is 0.383. The third-order valence-corrected chi connectivity index (χ3v) is 2.73. The Labute approximate surface area is 99.8 Å². The van der Waals surface area contributed by atoms with Crippen molar-refractivity contribution in [3.63, 3.8) is 0 Å². The molecule has 0 aliphatic carbocycles. The van der Waals surface area contributed by atoms with Gasteiger partial charge in [-0.2, -0.15) is 11.8 Å². The summed E-state index contributed by atoms with van der Waals surface area (Å²) in [6, 6.07) is 3.82. The van der Waals surface area contributed by atoms with Crippen molar-refractivity contribution < 1.29 is 0 Å². The standard InChI is InChI=1S/C10H15N3S2/c1-7-3-4-8(9(11)14)10(13-7)12-5-6-15-2/h3-4H,5-6H2,1-2H3,(H2,11,14)(H,12,13). The zero-order valence-corrected chi connectivity index (χ0v) is 10.5. The number of nitrogens with two attached hydrogens (primary N) is 1. The highest BCUT2D eigenvalue weighted by Crippen LogP contribution is 2.13. The summed E-state index contributed by atoms with van der Waals surface area (Å²) in [7, 11) is 0. The third kappa shape index (κ3) is 3.68. The molecule has 0 fully saturated rings. The molecule has 0 amide bonds. The van der Waals surface area contributed by atoms with E-state index >= 15 is 0 Å². The Balaban J connectivity index is 2.82. The van der Waals surface area contributed by atoms with Crippen LogP contribution in [0.5, 0.6) is 0 Å². The normalized spacial score (nSPS) is 10.0. The van der Waals surface area contributed by atoms with Crippen LogP contribution >= 0.6 is 24.0 Å². The van der Waals surface area contributed by atoms with Crippen LogP contribution in [0.15, 0.2) is 12.1 Å². The largest absolute Gasteiger partial charge is 0.389 e. The first-order chi connectivity index (χ1) is 7.15. The zero-order chi connectivity index (χ0) is 11.3. The molecule has 1 rings (SSSR count). The Morgan fingerprint density at radius 1 is 1.60 bits per heavy atom. The molecule has 0 aromatic carbocycles. The van der Waals surface area contributed by atoms with Gasteiger partial charge in [0, 0.05) is 18.0 Å². The average Bonchev–Trinajstić information content (AvgIpc) is 2.18. The van der Waals surface area contributed by atoms with Gasteiger partial charge in [-0.3, -0.25) is 0 Å². The molecule has 0 atom stereocenters. The molecule has 3 N–H and O–H groups in total. The van der Waals surface area contributed by atoms with Crippen molar-refractivity contribution in [2.75, 3.05) is 23.9 Å². The molecule has 1 aromatic rings. The van der Waals surface area contributed by atoms with Gasteiger partial charge in [0.05, 0.1) is 5.56 Å². The lowest BCUT2D eigenvalue weighted by molar-refractivity contribution is 1.13. The van der Waals surface area contributed by atoms with Gasteiger partial charge < -0.3 is 11.1 Å². The summed E-state index contributed by atoms with van der Waals surface area (Å²) < 4.78 is 0. The van der Waals surface area contributed by atoms with E-state index in [0.29, 0.717) is 4.99 Å². The molecule has 0 aliphatic heterocycles. The fraction of sp³-hybridized carbons (Fsp3) is 0.400. The second-order valence-electron chi connectivity index (χ2n) is 3.13. The maximum atomic E-state index is 5.62. The molecule has 82 valence electrons. The van der Waals surface area contributed by atoms with Crippen LogP contribution in [0.1, 0.15) is 11.3 Å². The molecular formula is C10H15N3S2. The highest BCUT2D eigenvalue weighted by atomic mass is 32.2. The second kappa shape index (κ2) is 5.92. The number of nitrogens with one attached hydrogen (secondary N) is 1. The van der Waals surface area contributed by atoms with Crippen molar-refractivity contribution >= 4 is 34.8 Å². The van der Waals surface area contributed by atoms with E-state index in [1.807, 2.05) is 19.1 Å². The van der Waals surface area contributed by atoms with Crippen molar-refractivity contribution in [1.82, 2.24) is 4.98 Å². The van der Waals surface area contributed by atoms with Gasteiger partial charge in [0.25, 0.3) is 0 Å². The molecule has 3 nitrogen and oxygen atoms in total. The minimum atomic E-state index is 0.383. The van der Waals surface area contributed by atoms with Crippen molar-refractivity contribution in [3.8, 4) is 0 Å². The van der Waals surface area contributed by atoms with Gasteiger partial charge >= 0.3 is 0 Å². The summed E-state index contributed by atoms with van der Waals surface area (Å²) in [5.74, 6) is 1.82. The molecule has 15 heavy (non-hydrogen) atoms. The number of hydrogen-bond acceptors (Lipinski definition) is 4. The lowest BCUT2D eigenvalue weighted by Gasteiger charge is -2.10. The first-order valence-electron chi connectivity index (χ1n) is 4.65. The summed E-state index contributed by atoms with van der Waals surface area (Å²) in [6.45, 7) is 2.82. The van der Waals surface area contributed by atoms with E-state index in [-0.39, 0.29) is 0 Å². The Kier molecular flexibility index (Phi) is 4.84. The number of aryl methyl sites for hydroxylation is 1. The molecule has 0 saturated carbocycles. The SMILES string of the molecule is CSCCNc1nc(C)ccc1C(N)=S. The smallest absolute Gasteiger partial charge is 0.136 e. The molecule has 0 aliphatic rings. The minimum Gasteiger partial charge on any atom is -0.389 e. The summed E-state index contributed by atoms with van der Waals surface area (Å²) in [5, 5.41) is 3.24. The summed E-state index contributed by atoms with van der Waals surface area (Å²) in [4.78, 5) is 4.76. The molecule has 0 radical (unpaired) electrons. The Morgan fingerprint density at radius 2 is 2.33 bits per heavy atom. The lowest BCUT2D eigenvalue weighted by Crippen LogP contribution is -2.16. The van der Waals surface area contributed by atoms with E-state index in [1.165, 1.54) is 0 Å². The molecule has 1 heterocycles. The Bertz CT molecular complexity index is 353. The highest BCUT2D eigenvalue weighted by Gasteiger charge is 2.05. The predicted octanol–water partition coefficient (Wildman–Crippen LogP) is 1.80. The number of thioether (sulfide) groups is 1. The van der Waals surface area contributed by atoms with Crippen LogP contribution in [-0.4, -0.2) is 28.5 Å². The number of pyridine rings is 1. The fourth-order valence-electron chi connectivity index (χ4n) is 1.16. The van der Waals surface area contributed by atoms with E-state index in [1.54, 1.807) is 11.8 Å². The third-order valence-electron chi connectivity index (χ3n) is 1.90. The summed E-state index contributed by atoms with van der Waals surface area (Å²) in [6.07, 6.45) is 2.07. The molecule has 5 heteroatoms. The second-order valence-corrected chi connectivity index (χ2v) is 4.56. The van der Waals surface area contributed by atoms with Crippen LogP contribution in [0.3, 0.4) is 0 Å². The van der Waals surface area contributed by atoms with Crippen LogP contribution in [0.25, 0.3) is 0 Å². The van der Waals surface area contributed by atoms with Gasteiger partial charge in [0.1, 0.15) is 10.8 Å². The van der Waals surface area contributed by atoms with Crippen LogP contribution in [-0.2, 0) is 0 Å². The van der Waals surface area contributed by atoms with E-state index in [4.69, 9.17) is 18.0 Å². The van der Waals surface area contributed by atoms with Crippen molar-refractivity contribution in [2.24, 2.45) is 5.73 Å². The molecule has 0 spiro atoms. The maximum Gasteiger partial charge on any atom is 0.136 e. The number of anilines is 1. The van der Waals surface area contributed by atoms with Gasteiger partial charge in [-0.25, -0.2) is 4.98 Å². The van der Waals surface area contributed by atoms with Gasteiger partial charge in [-0.15, -0.1) is 0 Å². The number of rotatable bonds is 5. The van der Waals surface area contributed by atoms with E-state index < -0.39 is 0 Å². The number of hydrogen-bond donors (Lipinski definition) is 2. The van der Waals surface area contributed by atoms with Crippen molar-refractivity contribution in [3.05, 3.63) is 23.4 Å². The zero-order valence-electron chi connectivity index (χ0n) is 8.91. The van der Waals surface area contributed by atoms with E-state index in [0.717, 1.165) is 29.4 Å². The first kappa shape index (κ1) is 12.3. The quantitative estimate of drug-likeness (QED) is 0.608. The molecular weight excluding hydrogens is 226 g/mol. The van der Waals surface area contributed by atoms with Gasteiger partial charge in [0.15, 0.2) is 0 Å². The van der Waals surface area contributed by atoms with Gasteiger partial charge in [0.2, 0.25) is 0 Å². The van der Waals surface area contributed by atoms with Crippen molar-refractivity contribution in [1.29, 1.82) is 0 Å². The highest BCUT2D eigenvalue weighted by molar-refractivity contribution is 7.98. The van der Waals surface area contributed by atoms with Crippen molar-refractivity contribution in [2.45, 2.75) is 6.92 Å². The molecule has 0 unspecified atom stereocenters. The number of aromatic nitrogens is 1.